The predicted octanol–water partition coefficient (Wildman–Crippen LogP) is 6.52. The van der Waals surface area contributed by atoms with E-state index in [1.807, 2.05) is 0 Å². The summed E-state index contributed by atoms with van der Waals surface area (Å²) in [5.74, 6) is -3.06. The number of fused-ring (bicyclic) bond motifs is 2. The molecule has 1 saturated heterocycles. The minimum Gasteiger partial charge on any atom is -0.486 e. The molecule has 1 spiro atoms. The predicted molar refractivity (Wildman–Crippen MR) is 145 cm³/mol. The highest BCUT2D eigenvalue weighted by atomic mass is 19.4. The molecule has 0 bridgehead atoms. The van der Waals surface area contributed by atoms with E-state index >= 15 is 0 Å². The minimum atomic E-state index is -4.51. The minimum absolute atomic E-state index is 0.0868. The molecule has 3 heterocycles. The van der Waals surface area contributed by atoms with Gasteiger partial charge in [-0.1, -0.05) is 12.1 Å². The van der Waals surface area contributed by atoms with Gasteiger partial charge in [0.05, 0.1) is 11.1 Å². The molecule has 1 amide bonds. The Morgan fingerprint density at radius 1 is 1.02 bits per heavy atom. The summed E-state index contributed by atoms with van der Waals surface area (Å²) < 4.78 is 74.6. The molecule has 3 aliphatic rings. The van der Waals surface area contributed by atoms with Crippen molar-refractivity contribution < 1.29 is 31.5 Å². The van der Waals surface area contributed by atoms with E-state index < -0.39 is 29.2 Å². The second kappa shape index (κ2) is 9.60. The number of piperidine rings is 1. The first-order valence-electron chi connectivity index (χ1n) is 13.5. The van der Waals surface area contributed by atoms with Gasteiger partial charge < -0.3 is 19.5 Å². The van der Waals surface area contributed by atoms with Gasteiger partial charge in [-0.3, -0.25) is 9.59 Å². The molecular weight excluding hydrogens is 545 g/mol. The average Bonchev–Trinajstić information content (AvgIpc) is 2.89. The highest BCUT2D eigenvalue weighted by molar-refractivity contribution is 6.05. The molecule has 216 valence electrons. The summed E-state index contributed by atoms with van der Waals surface area (Å²) in [6.45, 7) is 0.174. The number of hydrogen-bond acceptors (Lipinski definition) is 4. The maximum Gasteiger partial charge on any atom is 0.416 e. The Kier molecular flexibility index (Phi) is 6.39. The van der Waals surface area contributed by atoms with Crippen LogP contribution >= 0.6 is 0 Å². The normalized spacial score (nSPS) is 20.4. The Bertz CT molecular complexity index is 1630. The zero-order chi connectivity index (χ0) is 29.2. The van der Waals surface area contributed by atoms with Crippen LogP contribution in [-0.4, -0.2) is 35.1 Å². The summed E-state index contributed by atoms with van der Waals surface area (Å²) in [5, 5.41) is 3.51. The molecule has 0 radical (unpaired) electrons. The van der Waals surface area contributed by atoms with Gasteiger partial charge in [0.2, 0.25) is 5.91 Å². The number of aromatic nitrogens is 1. The van der Waals surface area contributed by atoms with Crippen LogP contribution in [-0.2, 0) is 18.0 Å². The molecule has 1 aliphatic carbocycles. The van der Waals surface area contributed by atoms with Gasteiger partial charge >= 0.3 is 6.18 Å². The molecule has 3 aromatic rings. The van der Waals surface area contributed by atoms with Gasteiger partial charge in [-0.2, -0.15) is 13.2 Å². The topological polar surface area (TPSA) is 63.6 Å². The number of rotatable bonds is 3. The van der Waals surface area contributed by atoms with E-state index in [-0.39, 0.29) is 37.2 Å². The van der Waals surface area contributed by atoms with Crippen LogP contribution in [0.15, 0.2) is 53.3 Å². The Balaban J connectivity index is 1.26. The third kappa shape index (κ3) is 5.17. The van der Waals surface area contributed by atoms with Crippen molar-refractivity contribution >= 4 is 33.8 Å². The fourth-order valence-electron chi connectivity index (χ4n) is 5.90. The number of nitrogens with one attached hydrogen (secondary N) is 1. The van der Waals surface area contributed by atoms with Crippen molar-refractivity contribution in [1.82, 2.24) is 4.57 Å². The second-order valence-corrected chi connectivity index (χ2v) is 11.2. The van der Waals surface area contributed by atoms with E-state index in [0.717, 1.165) is 18.6 Å². The van der Waals surface area contributed by atoms with Gasteiger partial charge in [-0.05, 0) is 55.2 Å². The van der Waals surface area contributed by atoms with Crippen LogP contribution in [0.1, 0.15) is 49.7 Å². The third-order valence-corrected chi connectivity index (χ3v) is 8.38. The van der Waals surface area contributed by atoms with E-state index in [2.05, 4.69) is 5.32 Å². The number of nitrogens with zero attached hydrogens (tertiary/aromatic N) is 2. The van der Waals surface area contributed by atoms with Crippen molar-refractivity contribution in [3.05, 3.63) is 70.0 Å². The van der Waals surface area contributed by atoms with Gasteiger partial charge in [0.1, 0.15) is 17.0 Å². The molecule has 6 rings (SSSR count). The van der Waals surface area contributed by atoms with E-state index in [9.17, 15) is 31.5 Å². The number of carbonyl (C=O) groups is 1. The highest BCUT2D eigenvalue weighted by Crippen LogP contribution is 2.50. The largest absolute Gasteiger partial charge is 0.486 e. The lowest BCUT2D eigenvalue weighted by Crippen LogP contribution is -2.45. The first kappa shape index (κ1) is 27.3. The first-order valence-corrected chi connectivity index (χ1v) is 13.5. The number of carbonyl (C=O) groups excluding carboxylic acids is 1. The van der Waals surface area contributed by atoms with Gasteiger partial charge in [0.25, 0.3) is 11.5 Å². The summed E-state index contributed by atoms with van der Waals surface area (Å²) in [6.07, 6.45) is -1.03. The average molecular weight is 574 g/mol. The molecule has 0 unspecified atom stereocenters. The summed E-state index contributed by atoms with van der Waals surface area (Å²) in [6, 6.07) is 10.1. The molecule has 6 nitrogen and oxygen atoms in total. The molecule has 0 atom stereocenters. The zero-order valence-corrected chi connectivity index (χ0v) is 22.3. The van der Waals surface area contributed by atoms with Crippen LogP contribution in [0.3, 0.4) is 0 Å². The van der Waals surface area contributed by atoms with Gasteiger partial charge in [-0.15, -0.1) is 0 Å². The lowest BCUT2D eigenvalue weighted by molar-refractivity contribution is -0.138. The van der Waals surface area contributed by atoms with Crippen LogP contribution in [0.25, 0.3) is 16.5 Å². The number of amides is 1. The van der Waals surface area contributed by atoms with Crippen molar-refractivity contribution in [2.45, 2.75) is 56.2 Å². The zero-order valence-electron chi connectivity index (χ0n) is 22.3. The highest BCUT2D eigenvalue weighted by Gasteiger charge is 2.44. The smallest absolute Gasteiger partial charge is 0.416 e. The summed E-state index contributed by atoms with van der Waals surface area (Å²) in [4.78, 5) is 27.9. The number of halogens is 5. The standard InChI is InChI=1S/C30H28F5N3O3/c1-37-23-16-21(5-3-18(23)13-24(27(37)40)38-11-9-29(31,32)10-12-38)36-26(39)14-19-17-28(7-2-8-28)41-25-15-20(30(33,34)35)4-6-22(19)25/h3-6,13-16H,2,7-12,17H2,1H3,(H,36,39)/b19-14+. The fourth-order valence-corrected chi connectivity index (χ4v) is 5.90. The number of pyridine rings is 1. The third-order valence-electron chi connectivity index (χ3n) is 8.38. The van der Waals surface area contributed by atoms with Crippen LogP contribution in [0.4, 0.5) is 33.3 Å². The summed E-state index contributed by atoms with van der Waals surface area (Å²) in [5.41, 5.74) is 0.655. The van der Waals surface area contributed by atoms with E-state index in [1.165, 1.54) is 16.7 Å². The van der Waals surface area contributed by atoms with Gasteiger partial charge in [0.15, 0.2) is 0 Å². The van der Waals surface area contributed by atoms with E-state index in [1.54, 1.807) is 36.2 Å². The Hall–Kier alpha value is -3.89. The molecule has 11 heteroatoms. The Morgan fingerprint density at radius 2 is 1.76 bits per heavy atom. The number of aryl methyl sites for hydroxylation is 1. The van der Waals surface area contributed by atoms with Crippen molar-refractivity contribution in [2.24, 2.45) is 7.05 Å². The van der Waals surface area contributed by atoms with Crippen molar-refractivity contribution in [3.63, 3.8) is 0 Å². The van der Waals surface area contributed by atoms with E-state index in [4.69, 9.17) is 4.74 Å². The Morgan fingerprint density at radius 3 is 2.41 bits per heavy atom. The van der Waals surface area contributed by atoms with Crippen LogP contribution < -0.4 is 20.5 Å². The molecular formula is C30H28F5N3O3. The van der Waals surface area contributed by atoms with E-state index in [0.29, 0.717) is 52.7 Å². The number of benzene rings is 2. The quantitative estimate of drug-likeness (QED) is 0.286. The second-order valence-electron chi connectivity index (χ2n) is 11.2. The van der Waals surface area contributed by atoms with Gasteiger partial charge in [0, 0.05) is 62.1 Å². The first-order chi connectivity index (χ1) is 19.3. The SMILES string of the molecule is Cn1c(=O)c(N2CCC(F)(F)CC2)cc2ccc(NC(=O)/C=C3\CC4(CCC4)Oc4cc(C(F)(F)F)ccc43)cc21. The lowest BCUT2D eigenvalue weighted by atomic mass is 9.72. The molecule has 1 N–H and O–H groups in total. The molecule has 2 fully saturated rings. The van der Waals surface area contributed by atoms with Crippen molar-refractivity contribution in [2.75, 3.05) is 23.3 Å². The van der Waals surface area contributed by atoms with Crippen LogP contribution in [0.5, 0.6) is 5.75 Å². The Labute approximate surface area is 232 Å². The molecule has 41 heavy (non-hydrogen) atoms. The fraction of sp³-hybridized carbons (Fsp3) is 0.400. The maximum atomic E-state index is 13.6. The number of alkyl halides is 5. The lowest BCUT2D eigenvalue weighted by Gasteiger charge is -2.46. The molecule has 2 aromatic carbocycles. The number of hydrogen-bond donors (Lipinski definition) is 1. The van der Waals surface area contributed by atoms with Crippen LogP contribution in [0.2, 0.25) is 0 Å². The summed E-state index contributed by atoms with van der Waals surface area (Å²) >= 11 is 0. The maximum absolute atomic E-state index is 13.6. The van der Waals surface area contributed by atoms with Crippen LogP contribution in [0, 0.1) is 0 Å². The number of ether oxygens (including phenoxy) is 1. The monoisotopic (exact) mass is 573 g/mol. The molecule has 1 saturated carbocycles. The summed E-state index contributed by atoms with van der Waals surface area (Å²) in [7, 11) is 1.59. The van der Waals surface area contributed by atoms with Crippen molar-refractivity contribution in [3.8, 4) is 5.75 Å². The van der Waals surface area contributed by atoms with Crippen molar-refractivity contribution in [1.29, 1.82) is 0 Å². The molecule has 1 aromatic heterocycles. The number of anilines is 2. The van der Waals surface area contributed by atoms with Gasteiger partial charge in [-0.25, -0.2) is 8.78 Å². The molecule has 2 aliphatic heterocycles.